The molecule has 8 heteroatoms. The van der Waals surface area contributed by atoms with Gasteiger partial charge in [0.1, 0.15) is 5.75 Å². The van der Waals surface area contributed by atoms with Crippen molar-refractivity contribution in [2.24, 2.45) is 0 Å². The Morgan fingerprint density at radius 3 is 2.22 bits per heavy atom. The molecule has 0 radical (unpaired) electrons. The van der Waals surface area contributed by atoms with E-state index in [0.717, 1.165) is 16.5 Å². The van der Waals surface area contributed by atoms with Gasteiger partial charge in [-0.15, -0.1) is 0 Å². The highest BCUT2D eigenvalue weighted by atomic mass is 32.2. The molecule has 0 saturated heterocycles. The summed E-state index contributed by atoms with van der Waals surface area (Å²) < 4.78 is 33.2. The first-order chi connectivity index (χ1) is 15.5. The van der Waals surface area contributed by atoms with Gasteiger partial charge >= 0.3 is 0 Å². The third-order valence-electron chi connectivity index (χ3n) is 4.81. The van der Waals surface area contributed by atoms with Gasteiger partial charge in [-0.3, -0.25) is 4.72 Å². The van der Waals surface area contributed by atoms with Crippen LogP contribution in [0.1, 0.15) is 0 Å². The van der Waals surface area contributed by atoms with Gasteiger partial charge in [-0.2, -0.15) is 0 Å². The highest BCUT2D eigenvalue weighted by molar-refractivity contribution is 7.92. The molecule has 0 aliphatic rings. The van der Waals surface area contributed by atoms with Crippen molar-refractivity contribution in [3.8, 4) is 5.75 Å². The molecule has 32 heavy (non-hydrogen) atoms. The quantitative estimate of drug-likeness (QED) is 0.330. The van der Waals surface area contributed by atoms with E-state index >= 15 is 0 Å². The molecule has 6 nitrogen and oxygen atoms in total. The number of hydrogen-bond acceptors (Lipinski definition) is 4. The molecule has 4 aromatic carbocycles. The maximum Gasteiger partial charge on any atom is 0.262 e. The molecule has 0 unspecified atom stereocenters. The van der Waals surface area contributed by atoms with Crippen LogP contribution in [0.3, 0.4) is 0 Å². The van der Waals surface area contributed by atoms with Crippen LogP contribution in [0.4, 0.5) is 17.1 Å². The van der Waals surface area contributed by atoms with Crippen molar-refractivity contribution in [2.75, 3.05) is 22.5 Å². The third-order valence-corrected chi connectivity index (χ3v) is 6.40. The predicted molar refractivity (Wildman–Crippen MR) is 134 cm³/mol. The second kappa shape index (κ2) is 9.25. The van der Waals surface area contributed by atoms with Gasteiger partial charge in [-0.05, 0) is 60.1 Å². The fraction of sp³-hybridized carbons (Fsp3) is 0.0417. The molecule has 0 aliphatic heterocycles. The predicted octanol–water partition coefficient (Wildman–Crippen LogP) is 5.46. The van der Waals surface area contributed by atoms with Crippen LogP contribution in [0.2, 0.25) is 0 Å². The smallest absolute Gasteiger partial charge is 0.262 e. The molecule has 0 aliphatic carbocycles. The van der Waals surface area contributed by atoms with Gasteiger partial charge in [-0.25, -0.2) is 8.42 Å². The van der Waals surface area contributed by atoms with Crippen LogP contribution in [0, 0.1) is 0 Å². The summed E-state index contributed by atoms with van der Waals surface area (Å²) in [5.41, 5.74) is 1.93. The number of hydrogen-bond donors (Lipinski definition) is 3. The topological polar surface area (TPSA) is 79.5 Å². The normalized spacial score (nSPS) is 11.0. The minimum absolute atomic E-state index is 0.127. The maximum absolute atomic E-state index is 12.7. The number of nitrogens with one attached hydrogen (secondary N) is 3. The molecule has 0 saturated carbocycles. The minimum Gasteiger partial charge on any atom is -0.495 e. The summed E-state index contributed by atoms with van der Waals surface area (Å²) in [4.78, 5) is 0.127. The summed E-state index contributed by atoms with van der Waals surface area (Å²) in [6, 6.07) is 27.2. The molecule has 0 amide bonds. The number of anilines is 3. The molecule has 0 bridgehead atoms. The first-order valence-electron chi connectivity index (χ1n) is 9.78. The fourth-order valence-electron chi connectivity index (χ4n) is 3.27. The molecule has 4 aromatic rings. The highest BCUT2D eigenvalue weighted by Crippen LogP contribution is 2.27. The van der Waals surface area contributed by atoms with Crippen molar-refractivity contribution in [3.63, 3.8) is 0 Å². The SMILES string of the molecule is COc1ccccc1NS(=O)(=O)c1ccc(NC(=S)Nc2cccc3ccccc23)cc1. The van der Waals surface area contributed by atoms with Gasteiger partial charge in [0, 0.05) is 16.8 Å². The summed E-state index contributed by atoms with van der Waals surface area (Å²) in [6.45, 7) is 0. The van der Waals surface area contributed by atoms with Gasteiger partial charge < -0.3 is 15.4 Å². The first kappa shape index (κ1) is 21.6. The van der Waals surface area contributed by atoms with Crippen molar-refractivity contribution in [1.29, 1.82) is 0 Å². The lowest BCUT2D eigenvalue weighted by atomic mass is 10.1. The third kappa shape index (κ3) is 4.82. The number of methoxy groups -OCH3 is 1. The van der Waals surface area contributed by atoms with E-state index in [9.17, 15) is 8.42 Å². The lowest BCUT2D eigenvalue weighted by Gasteiger charge is -2.14. The Morgan fingerprint density at radius 1 is 0.781 bits per heavy atom. The average Bonchev–Trinajstić information content (AvgIpc) is 2.80. The van der Waals surface area contributed by atoms with Crippen LogP contribution in [0.15, 0.2) is 95.9 Å². The lowest BCUT2D eigenvalue weighted by molar-refractivity contribution is 0.417. The Morgan fingerprint density at radius 2 is 1.44 bits per heavy atom. The molecule has 162 valence electrons. The van der Waals surface area contributed by atoms with Crippen LogP contribution >= 0.6 is 12.2 Å². The van der Waals surface area contributed by atoms with Gasteiger partial charge in [0.05, 0.1) is 17.7 Å². The first-order valence-corrected chi connectivity index (χ1v) is 11.7. The molecule has 3 N–H and O–H groups in total. The molecule has 0 heterocycles. The summed E-state index contributed by atoms with van der Waals surface area (Å²) in [5, 5.41) is 8.86. The zero-order chi connectivity index (χ0) is 22.6. The van der Waals surface area contributed by atoms with E-state index in [0.29, 0.717) is 22.2 Å². The Kier molecular flexibility index (Phi) is 6.25. The van der Waals surface area contributed by atoms with Crippen LogP contribution in [0.5, 0.6) is 5.75 Å². The second-order valence-electron chi connectivity index (χ2n) is 6.94. The summed E-state index contributed by atoms with van der Waals surface area (Å²) in [6.07, 6.45) is 0. The zero-order valence-electron chi connectivity index (χ0n) is 17.2. The lowest BCUT2D eigenvalue weighted by Crippen LogP contribution is -2.19. The van der Waals surface area contributed by atoms with E-state index in [2.05, 4.69) is 15.4 Å². The Bertz CT molecular complexity index is 1370. The van der Waals surface area contributed by atoms with E-state index in [1.165, 1.54) is 19.2 Å². The van der Waals surface area contributed by atoms with E-state index in [-0.39, 0.29) is 4.90 Å². The molecular formula is C24H21N3O3S2. The standard InChI is InChI=1S/C24H21N3O3S2/c1-30-23-12-5-4-10-22(23)27-32(28,29)19-15-13-18(14-16-19)25-24(31)26-21-11-6-8-17-7-2-3-9-20(17)21/h2-16,27H,1H3,(H2,25,26,31). The number of fused-ring (bicyclic) bond motifs is 1. The Balaban J connectivity index is 1.46. The van der Waals surface area contributed by atoms with Gasteiger partial charge in [0.2, 0.25) is 0 Å². The van der Waals surface area contributed by atoms with Crippen molar-refractivity contribution in [3.05, 3.63) is 91.0 Å². The highest BCUT2D eigenvalue weighted by Gasteiger charge is 2.16. The van der Waals surface area contributed by atoms with Crippen LogP contribution < -0.4 is 20.1 Å². The number of rotatable bonds is 6. The van der Waals surface area contributed by atoms with E-state index in [1.807, 2.05) is 42.5 Å². The molecule has 0 aromatic heterocycles. The number of benzene rings is 4. The van der Waals surface area contributed by atoms with E-state index < -0.39 is 10.0 Å². The van der Waals surface area contributed by atoms with Crippen LogP contribution in [-0.4, -0.2) is 20.6 Å². The average molecular weight is 464 g/mol. The minimum atomic E-state index is -3.77. The van der Waals surface area contributed by atoms with Crippen molar-refractivity contribution in [2.45, 2.75) is 4.90 Å². The molecule has 4 rings (SSSR count). The number of sulfonamides is 1. The van der Waals surface area contributed by atoms with Crippen molar-refractivity contribution >= 4 is 55.2 Å². The van der Waals surface area contributed by atoms with E-state index in [1.54, 1.807) is 36.4 Å². The number of para-hydroxylation sites is 2. The fourth-order valence-corrected chi connectivity index (χ4v) is 4.57. The zero-order valence-corrected chi connectivity index (χ0v) is 18.8. The summed E-state index contributed by atoms with van der Waals surface area (Å²) in [7, 11) is -2.28. The van der Waals surface area contributed by atoms with Crippen molar-refractivity contribution in [1.82, 2.24) is 0 Å². The Hall–Kier alpha value is -3.62. The molecule has 0 atom stereocenters. The largest absolute Gasteiger partial charge is 0.495 e. The Labute approximate surface area is 192 Å². The van der Waals surface area contributed by atoms with Crippen LogP contribution in [-0.2, 0) is 10.0 Å². The maximum atomic E-state index is 12.7. The molecule has 0 spiro atoms. The van der Waals surface area contributed by atoms with Gasteiger partial charge in [-0.1, -0.05) is 48.5 Å². The summed E-state index contributed by atoms with van der Waals surface area (Å²) in [5.74, 6) is 0.444. The summed E-state index contributed by atoms with van der Waals surface area (Å²) >= 11 is 5.43. The molecular weight excluding hydrogens is 442 g/mol. The second-order valence-corrected chi connectivity index (χ2v) is 9.03. The number of ether oxygens (including phenoxy) is 1. The van der Waals surface area contributed by atoms with Crippen molar-refractivity contribution < 1.29 is 13.2 Å². The number of thiocarbonyl (C=S) groups is 1. The molecule has 0 fully saturated rings. The van der Waals surface area contributed by atoms with Gasteiger partial charge in [0.15, 0.2) is 5.11 Å². The van der Waals surface area contributed by atoms with Gasteiger partial charge in [0.25, 0.3) is 10.0 Å². The van der Waals surface area contributed by atoms with Crippen LogP contribution in [0.25, 0.3) is 10.8 Å². The monoisotopic (exact) mass is 463 g/mol. The van der Waals surface area contributed by atoms with E-state index in [4.69, 9.17) is 17.0 Å².